The first kappa shape index (κ1) is 39.9. The van der Waals surface area contributed by atoms with Crippen molar-refractivity contribution in [1.82, 2.24) is 0 Å². The van der Waals surface area contributed by atoms with Crippen LogP contribution in [0.2, 0.25) is 0 Å². The summed E-state index contributed by atoms with van der Waals surface area (Å²) in [5, 5.41) is 0. The second-order valence-corrected chi connectivity index (χ2v) is 15.0. The molecule has 2 heteroatoms. The number of rotatable bonds is 33. The standard InChI is InChI=1S/C38H82N2/c1-7-9-11-13-15-17-19-21-23-25-27-31-35-39(3,4)37-33-29-30-34-38-40(5,6)36-32-28-26-24-22-20-18-16-14-12-10-8-2/h7-38H2,1-6H3/q+2. The highest BCUT2D eigenvalue weighted by Crippen LogP contribution is 2.15. The third-order valence-corrected chi connectivity index (χ3v) is 9.51. The Morgan fingerprint density at radius 3 is 0.550 bits per heavy atom. The molecule has 0 radical (unpaired) electrons. The van der Waals surface area contributed by atoms with Crippen LogP contribution in [0.15, 0.2) is 0 Å². The molecular formula is C38H82N2+2. The molecule has 0 amide bonds. The van der Waals surface area contributed by atoms with Crippen molar-refractivity contribution < 1.29 is 8.97 Å². The van der Waals surface area contributed by atoms with E-state index in [9.17, 15) is 0 Å². The third-order valence-electron chi connectivity index (χ3n) is 9.51. The van der Waals surface area contributed by atoms with Crippen molar-refractivity contribution >= 4 is 0 Å². The van der Waals surface area contributed by atoms with Gasteiger partial charge in [-0.15, -0.1) is 0 Å². The van der Waals surface area contributed by atoms with Crippen LogP contribution in [0, 0.1) is 0 Å². The summed E-state index contributed by atoms with van der Waals surface area (Å²) in [6, 6.07) is 0. The van der Waals surface area contributed by atoms with Gasteiger partial charge in [-0.2, -0.15) is 0 Å². The van der Waals surface area contributed by atoms with Crippen molar-refractivity contribution in [3.8, 4) is 0 Å². The van der Waals surface area contributed by atoms with Crippen LogP contribution in [-0.4, -0.2) is 63.3 Å². The molecule has 0 saturated carbocycles. The highest BCUT2D eigenvalue weighted by atomic mass is 15.3. The van der Waals surface area contributed by atoms with E-state index in [4.69, 9.17) is 0 Å². The Hall–Kier alpha value is -0.0800. The lowest BCUT2D eigenvalue weighted by Gasteiger charge is -2.31. The quantitative estimate of drug-likeness (QED) is 0.0547. The smallest absolute Gasteiger partial charge is 0.0782 e. The van der Waals surface area contributed by atoms with Gasteiger partial charge in [0.25, 0.3) is 0 Å². The van der Waals surface area contributed by atoms with Crippen molar-refractivity contribution in [3.05, 3.63) is 0 Å². The first-order valence-electron chi connectivity index (χ1n) is 19.0. The summed E-state index contributed by atoms with van der Waals surface area (Å²) in [4.78, 5) is 0. The molecule has 0 fully saturated rings. The Kier molecular flexibility index (Phi) is 29.0. The van der Waals surface area contributed by atoms with Crippen molar-refractivity contribution in [2.45, 2.75) is 194 Å². The van der Waals surface area contributed by atoms with Crippen molar-refractivity contribution in [2.75, 3.05) is 54.4 Å². The molecule has 0 aromatic heterocycles. The Labute approximate surface area is 256 Å². The lowest BCUT2D eigenvalue weighted by atomic mass is 10.0. The Balaban J connectivity index is 3.50. The normalized spacial score (nSPS) is 12.4. The molecule has 0 atom stereocenters. The predicted molar refractivity (Wildman–Crippen MR) is 184 cm³/mol. The van der Waals surface area contributed by atoms with E-state index in [-0.39, 0.29) is 0 Å². The van der Waals surface area contributed by atoms with E-state index in [1.807, 2.05) is 0 Å². The van der Waals surface area contributed by atoms with Gasteiger partial charge in [-0.05, 0) is 51.4 Å². The molecule has 0 aliphatic carbocycles. The topological polar surface area (TPSA) is 0 Å². The van der Waals surface area contributed by atoms with Gasteiger partial charge in [-0.3, -0.25) is 0 Å². The zero-order chi connectivity index (χ0) is 29.6. The average Bonchev–Trinajstić information content (AvgIpc) is 2.91. The molecule has 0 saturated heterocycles. The largest absolute Gasteiger partial charge is 0.328 e. The van der Waals surface area contributed by atoms with Crippen molar-refractivity contribution in [1.29, 1.82) is 0 Å². The minimum atomic E-state index is 1.23. The summed E-state index contributed by atoms with van der Waals surface area (Å²) >= 11 is 0. The van der Waals surface area contributed by atoms with Gasteiger partial charge < -0.3 is 8.97 Å². The van der Waals surface area contributed by atoms with E-state index in [1.165, 1.54) is 215 Å². The zero-order valence-corrected chi connectivity index (χ0v) is 29.5. The molecule has 40 heavy (non-hydrogen) atoms. The molecule has 242 valence electrons. The first-order chi connectivity index (χ1) is 19.3. The van der Waals surface area contributed by atoms with E-state index in [2.05, 4.69) is 42.0 Å². The Morgan fingerprint density at radius 2 is 0.375 bits per heavy atom. The summed E-state index contributed by atoms with van der Waals surface area (Å²) < 4.78 is 2.47. The fourth-order valence-electron chi connectivity index (χ4n) is 6.42. The van der Waals surface area contributed by atoms with Crippen LogP contribution in [0.3, 0.4) is 0 Å². The number of hydrogen-bond acceptors (Lipinski definition) is 0. The predicted octanol–water partition coefficient (Wildman–Crippen LogP) is 12.1. The van der Waals surface area contributed by atoms with E-state index < -0.39 is 0 Å². The van der Waals surface area contributed by atoms with Crippen LogP contribution in [0.1, 0.15) is 194 Å². The molecule has 0 rings (SSSR count). The molecule has 2 nitrogen and oxygen atoms in total. The summed E-state index contributed by atoms with van der Waals surface area (Å²) in [5.41, 5.74) is 0. The molecular weight excluding hydrogens is 484 g/mol. The molecule has 0 heterocycles. The Morgan fingerprint density at radius 1 is 0.225 bits per heavy atom. The summed E-state index contributed by atoms with van der Waals surface area (Å²) in [7, 11) is 9.86. The summed E-state index contributed by atoms with van der Waals surface area (Å²) in [5.74, 6) is 0. The zero-order valence-electron chi connectivity index (χ0n) is 29.5. The molecule has 0 unspecified atom stereocenters. The van der Waals surface area contributed by atoms with Gasteiger partial charge >= 0.3 is 0 Å². The number of nitrogens with zero attached hydrogens (tertiary/aromatic N) is 2. The van der Waals surface area contributed by atoms with Gasteiger partial charge in [0.2, 0.25) is 0 Å². The van der Waals surface area contributed by atoms with Crippen LogP contribution < -0.4 is 0 Å². The van der Waals surface area contributed by atoms with Crippen LogP contribution in [0.5, 0.6) is 0 Å². The number of quaternary nitrogens is 2. The summed E-state index contributed by atoms with van der Waals surface area (Å²) in [6.07, 6.45) is 40.6. The second-order valence-electron chi connectivity index (χ2n) is 15.0. The minimum absolute atomic E-state index is 1.23. The Bertz CT molecular complexity index is 440. The number of hydrogen-bond donors (Lipinski definition) is 0. The first-order valence-corrected chi connectivity index (χ1v) is 19.0. The fourth-order valence-corrected chi connectivity index (χ4v) is 6.42. The lowest BCUT2D eigenvalue weighted by molar-refractivity contribution is -0.891. The minimum Gasteiger partial charge on any atom is -0.328 e. The van der Waals surface area contributed by atoms with E-state index in [1.54, 1.807) is 0 Å². The molecule has 0 spiro atoms. The maximum absolute atomic E-state index is 2.47. The lowest BCUT2D eigenvalue weighted by Crippen LogP contribution is -2.41. The van der Waals surface area contributed by atoms with Gasteiger partial charge in [-0.25, -0.2) is 0 Å². The fraction of sp³-hybridized carbons (Fsp3) is 1.00. The van der Waals surface area contributed by atoms with Gasteiger partial charge in [0.05, 0.1) is 54.4 Å². The highest BCUT2D eigenvalue weighted by Gasteiger charge is 2.15. The van der Waals surface area contributed by atoms with Gasteiger partial charge in [0.1, 0.15) is 0 Å². The van der Waals surface area contributed by atoms with Crippen LogP contribution >= 0.6 is 0 Å². The maximum Gasteiger partial charge on any atom is 0.0782 e. The van der Waals surface area contributed by atoms with Gasteiger partial charge in [-0.1, -0.05) is 142 Å². The molecule has 0 bridgehead atoms. The monoisotopic (exact) mass is 567 g/mol. The van der Waals surface area contributed by atoms with Crippen LogP contribution in [0.4, 0.5) is 0 Å². The molecule has 0 aliphatic heterocycles. The summed E-state index contributed by atoms with van der Waals surface area (Å²) in [6.45, 7) is 10.1. The molecule has 0 aromatic rings. The third kappa shape index (κ3) is 30.9. The van der Waals surface area contributed by atoms with Crippen molar-refractivity contribution in [2.24, 2.45) is 0 Å². The van der Waals surface area contributed by atoms with E-state index >= 15 is 0 Å². The van der Waals surface area contributed by atoms with E-state index in [0.717, 1.165) is 0 Å². The average molecular weight is 567 g/mol. The molecule has 0 aliphatic rings. The molecule has 0 N–H and O–H groups in total. The SMILES string of the molecule is CCCCCCCCCCCCCC[N+](C)(C)CCCCCC[N+](C)(C)CCCCCCCCCCCCCC. The van der Waals surface area contributed by atoms with E-state index in [0.29, 0.717) is 0 Å². The van der Waals surface area contributed by atoms with Crippen LogP contribution in [-0.2, 0) is 0 Å². The van der Waals surface area contributed by atoms with Gasteiger partial charge in [0.15, 0.2) is 0 Å². The van der Waals surface area contributed by atoms with Crippen molar-refractivity contribution in [3.63, 3.8) is 0 Å². The molecule has 0 aromatic carbocycles. The highest BCUT2D eigenvalue weighted by molar-refractivity contribution is 4.51. The van der Waals surface area contributed by atoms with Gasteiger partial charge in [0, 0.05) is 0 Å². The number of unbranched alkanes of at least 4 members (excludes halogenated alkanes) is 25. The van der Waals surface area contributed by atoms with Crippen LogP contribution in [0.25, 0.3) is 0 Å². The maximum atomic E-state index is 2.47. The second kappa shape index (κ2) is 29.0.